The topological polar surface area (TPSA) is 79.0 Å². The normalized spacial score (nSPS) is 21.9. The number of anilines is 1. The molecular weight excluding hydrogens is 493 g/mol. The van der Waals surface area contributed by atoms with E-state index in [-0.39, 0.29) is 41.8 Å². The highest BCUT2D eigenvalue weighted by atomic mass is 35.5. The second-order valence-corrected chi connectivity index (χ2v) is 11.7. The molecule has 0 bridgehead atoms. The molecular formula is C25H33ClFN3O4S. The molecule has 2 heterocycles. The Bertz CT molecular complexity index is 1180. The molecule has 0 aliphatic carbocycles. The van der Waals surface area contributed by atoms with Crippen LogP contribution in [0.25, 0.3) is 0 Å². The van der Waals surface area contributed by atoms with Gasteiger partial charge in [0.05, 0.1) is 18.0 Å². The van der Waals surface area contributed by atoms with Crippen molar-refractivity contribution in [3.63, 3.8) is 0 Å². The van der Waals surface area contributed by atoms with Crippen molar-refractivity contribution in [2.24, 2.45) is 0 Å². The number of methoxy groups -OCH3 is 1. The fourth-order valence-electron chi connectivity index (χ4n) is 4.87. The summed E-state index contributed by atoms with van der Waals surface area (Å²) in [6, 6.07) is 10.7. The number of hydrogen-bond acceptors (Lipinski definition) is 6. The largest absolute Gasteiger partial charge is 0.383 e. The molecule has 2 aromatic carbocycles. The lowest BCUT2D eigenvalue weighted by atomic mass is 9.87. The van der Waals surface area contributed by atoms with Gasteiger partial charge in [-0.25, -0.2) is 12.8 Å². The van der Waals surface area contributed by atoms with Gasteiger partial charge in [0.2, 0.25) is 15.7 Å². The number of fused-ring (bicyclic) bond motifs is 1. The summed E-state index contributed by atoms with van der Waals surface area (Å²) in [5.41, 5.74) is 0.577. The highest BCUT2D eigenvalue weighted by Gasteiger charge is 2.41. The van der Waals surface area contributed by atoms with Crippen LogP contribution in [0.15, 0.2) is 52.3 Å². The number of nitrogens with one attached hydrogen (secondary N) is 1. The van der Waals surface area contributed by atoms with E-state index in [1.165, 1.54) is 24.3 Å². The summed E-state index contributed by atoms with van der Waals surface area (Å²) < 4.78 is 46.8. The van der Waals surface area contributed by atoms with Crippen LogP contribution in [0.1, 0.15) is 26.3 Å². The number of sulfone groups is 1. The Kier molecular flexibility index (Phi) is 8.28. The third-order valence-electron chi connectivity index (χ3n) is 6.69. The average molecular weight is 526 g/mol. The average Bonchev–Trinajstić information content (AvgIpc) is 3.06. The third-order valence-corrected chi connectivity index (χ3v) is 8.48. The van der Waals surface area contributed by atoms with E-state index in [4.69, 9.17) is 4.74 Å². The van der Waals surface area contributed by atoms with Crippen molar-refractivity contribution in [1.82, 2.24) is 10.2 Å². The smallest absolute Gasteiger partial charge is 0.241 e. The standard InChI is InChI=1S/C25H32FN3O4S.ClH/c1-17-13-28(18(12-27-17)15-33-4)14-24(30)29-16-25(2,3)20-10-21(26)23(11-22(20)29)34(31,32)19-8-6-5-7-9-19;/h5-11,17-18,27H,12-16H2,1-4H3;1H/t17-,18-;/m1./s1. The van der Waals surface area contributed by atoms with Gasteiger partial charge in [-0.3, -0.25) is 9.69 Å². The highest BCUT2D eigenvalue weighted by molar-refractivity contribution is 7.91. The first kappa shape index (κ1) is 27.5. The minimum atomic E-state index is -4.08. The van der Waals surface area contributed by atoms with E-state index in [1.54, 1.807) is 30.2 Å². The zero-order valence-electron chi connectivity index (χ0n) is 20.5. The first-order chi connectivity index (χ1) is 16.0. The van der Waals surface area contributed by atoms with Crippen molar-refractivity contribution in [2.45, 2.75) is 48.1 Å². The summed E-state index contributed by atoms with van der Waals surface area (Å²) in [7, 11) is -2.44. The van der Waals surface area contributed by atoms with Crippen LogP contribution in [0, 0.1) is 5.82 Å². The molecule has 4 rings (SSSR count). The van der Waals surface area contributed by atoms with Gasteiger partial charge in [0, 0.05) is 49.9 Å². The molecule has 1 saturated heterocycles. The molecule has 0 radical (unpaired) electrons. The Morgan fingerprint density at radius 2 is 1.91 bits per heavy atom. The zero-order valence-corrected chi connectivity index (χ0v) is 22.1. The van der Waals surface area contributed by atoms with Gasteiger partial charge in [0.1, 0.15) is 10.7 Å². The van der Waals surface area contributed by atoms with E-state index in [1.807, 2.05) is 13.8 Å². The summed E-state index contributed by atoms with van der Waals surface area (Å²) in [5.74, 6) is -0.947. The monoisotopic (exact) mass is 525 g/mol. The third kappa shape index (κ3) is 5.39. The number of carbonyl (C=O) groups is 1. The van der Waals surface area contributed by atoms with Crippen molar-refractivity contribution >= 4 is 33.8 Å². The predicted octanol–water partition coefficient (Wildman–Crippen LogP) is 3.01. The van der Waals surface area contributed by atoms with Gasteiger partial charge >= 0.3 is 0 Å². The van der Waals surface area contributed by atoms with Crippen molar-refractivity contribution in [1.29, 1.82) is 0 Å². The van der Waals surface area contributed by atoms with Crippen LogP contribution in [0.4, 0.5) is 10.1 Å². The Morgan fingerprint density at radius 1 is 1.23 bits per heavy atom. The van der Waals surface area contributed by atoms with Crippen molar-refractivity contribution in [2.75, 3.05) is 44.8 Å². The van der Waals surface area contributed by atoms with Crippen LogP contribution in [0.3, 0.4) is 0 Å². The number of hydrogen-bond donors (Lipinski definition) is 1. The lowest BCUT2D eigenvalue weighted by Gasteiger charge is -2.39. The van der Waals surface area contributed by atoms with Crippen LogP contribution in [0.2, 0.25) is 0 Å². The van der Waals surface area contributed by atoms with Gasteiger partial charge in [-0.2, -0.15) is 0 Å². The van der Waals surface area contributed by atoms with Crippen LogP contribution >= 0.6 is 12.4 Å². The van der Waals surface area contributed by atoms with Gasteiger partial charge < -0.3 is 15.0 Å². The maximum atomic E-state index is 15.1. The van der Waals surface area contributed by atoms with Crippen LogP contribution < -0.4 is 10.2 Å². The van der Waals surface area contributed by atoms with Crippen LogP contribution in [0.5, 0.6) is 0 Å². The molecule has 2 aromatic rings. The molecule has 0 spiro atoms. The van der Waals surface area contributed by atoms with Gasteiger partial charge in [-0.1, -0.05) is 32.0 Å². The number of rotatable bonds is 6. The SMILES string of the molecule is COC[C@H]1CN[C@H](C)CN1CC(=O)N1CC(C)(C)c2cc(F)c(S(=O)(=O)c3ccccc3)cc21.Cl. The molecule has 0 unspecified atom stereocenters. The van der Waals surface area contributed by atoms with E-state index in [9.17, 15) is 13.2 Å². The zero-order chi connectivity index (χ0) is 24.7. The Balaban J connectivity index is 0.00000342. The van der Waals surface area contributed by atoms with Crippen LogP contribution in [-0.2, 0) is 24.8 Å². The fourth-order valence-corrected chi connectivity index (χ4v) is 6.22. The van der Waals surface area contributed by atoms with Gasteiger partial charge in [-0.15, -0.1) is 12.4 Å². The molecule has 35 heavy (non-hydrogen) atoms. The lowest BCUT2D eigenvalue weighted by molar-refractivity contribution is -0.121. The van der Waals surface area contributed by atoms with E-state index in [0.717, 1.165) is 6.54 Å². The van der Waals surface area contributed by atoms with Crippen molar-refractivity contribution < 1.29 is 22.3 Å². The molecule has 0 saturated carbocycles. The number of piperazine rings is 1. The molecule has 1 N–H and O–H groups in total. The van der Waals surface area contributed by atoms with Crippen molar-refractivity contribution in [3.05, 3.63) is 53.8 Å². The number of halogens is 2. The van der Waals surface area contributed by atoms with E-state index in [0.29, 0.717) is 30.9 Å². The maximum absolute atomic E-state index is 15.1. The van der Waals surface area contributed by atoms with E-state index in [2.05, 4.69) is 17.1 Å². The summed E-state index contributed by atoms with van der Waals surface area (Å²) in [6.07, 6.45) is 0. The molecule has 2 atom stereocenters. The maximum Gasteiger partial charge on any atom is 0.241 e. The van der Waals surface area contributed by atoms with Gasteiger partial charge in [0.15, 0.2) is 0 Å². The molecule has 1 amide bonds. The number of benzene rings is 2. The first-order valence-corrected chi connectivity index (χ1v) is 12.9. The summed E-state index contributed by atoms with van der Waals surface area (Å²) >= 11 is 0. The molecule has 2 aliphatic rings. The number of amides is 1. The predicted molar refractivity (Wildman–Crippen MR) is 136 cm³/mol. The molecule has 1 fully saturated rings. The molecule has 0 aromatic heterocycles. The minimum absolute atomic E-state index is 0. The second-order valence-electron chi connectivity index (χ2n) is 9.83. The Hall–Kier alpha value is -2.04. The quantitative estimate of drug-likeness (QED) is 0.624. The van der Waals surface area contributed by atoms with E-state index >= 15 is 4.39 Å². The molecule has 7 nitrogen and oxygen atoms in total. The number of carbonyl (C=O) groups excluding carboxylic acids is 1. The van der Waals surface area contributed by atoms with Gasteiger partial charge in [0.25, 0.3) is 0 Å². The first-order valence-electron chi connectivity index (χ1n) is 11.5. The van der Waals surface area contributed by atoms with Gasteiger partial charge in [-0.05, 0) is 36.8 Å². The molecule has 10 heteroatoms. The summed E-state index contributed by atoms with van der Waals surface area (Å²) in [4.78, 5) is 16.8. The Morgan fingerprint density at radius 3 is 2.57 bits per heavy atom. The van der Waals surface area contributed by atoms with Crippen molar-refractivity contribution in [3.8, 4) is 0 Å². The number of ether oxygens (including phenoxy) is 1. The fraction of sp³-hybridized carbons (Fsp3) is 0.480. The van der Waals surface area contributed by atoms with Crippen LogP contribution in [-0.4, -0.2) is 71.2 Å². The summed E-state index contributed by atoms with van der Waals surface area (Å²) in [6.45, 7) is 8.38. The minimum Gasteiger partial charge on any atom is -0.383 e. The van der Waals surface area contributed by atoms with E-state index < -0.39 is 26.0 Å². The molecule has 2 aliphatic heterocycles. The number of nitrogens with zero attached hydrogens (tertiary/aromatic N) is 2. The Labute approximate surface area is 213 Å². The highest BCUT2D eigenvalue weighted by Crippen LogP contribution is 2.43. The second kappa shape index (κ2) is 10.5. The molecule has 192 valence electrons. The lowest BCUT2D eigenvalue weighted by Crippen LogP contribution is -2.59. The summed E-state index contributed by atoms with van der Waals surface area (Å²) in [5, 5.41) is 3.41.